The van der Waals surface area contributed by atoms with Crippen LogP contribution in [0.4, 0.5) is 4.39 Å². The van der Waals surface area contributed by atoms with Gasteiger partial charge < -0.3 is 0 Å². The zero-order chi connectivity index (χ0) is 13.7. The molecule has 3 heteroatoms. The smallest absolute Gasteiger partial charge is 0.126 e. The summed E-state index contributed by atoms with van der Waals surface area (Å²) in [6.07, 6.45) is 1.68. The summed E-state index contributed by atoms with van der Waals surface area (Å²) in [5.41, 5.74) is 2.06. The maximum absolute atomic E-state index is 13.7. The second kappa shape index (κ2) is 7.20. The van der Waals surface area contributed by atoms with E-state index in [0.29, 0.717) is 5.92 Å². The quantitative estimate of drug-likeness (QED) is 0.605. The summed E-state index contributed by atoms with van der Waals surface area (Å²) in [5.74, 6) is 0.274. The Kier molecular flexibility index (Phi) is 5.59. The van der Waals surface area contributed by atoms with Crippen LogP contribution in [0, 0.1) is 11.7 Å². The molecule has 0 nitrogen and oxygen atoms in total. The molecule has 0 saturated carbocycles. The molecule has 0 fully saturated rings. The lowest BCUT2D eigenvalue weighted by molar-refractivity contribution is 0.550. The minimum atomic E-state index is -0.111. The van der Waals surface area contributed by atoms with Crippen molar-refractivity contribution >= 4 is 31.9 Å². The van der Waals surface area contributed by atoms with Crippen LogP contribution >= 0.6 is 31.9 Å². The average molecular weight is 386 g/mol. The Morgan fingerprint density at radius 3 is 2.11 bits per heavy atom. The number of rotatable bonds is 5. The van der Waals surface area contributed by atoms with Gasteiger partial charge in [-0.05, 0) is 42.0 Å². The van der Waals surface area contributed by atoms with Gasteiger partial charge in [-0.3, -0.25) is 0 Å². The number of hydrogen-bond donors (Lipinski definition) is 0. The topological polar surface area (TPSA) is 0 Å². The molecule has 1 atom stereocenters. The first-order valence-corrected chi connectivity index (χ1v) is 8.15. The van der Waals surface area contributed by atoms with Gasteiger partial charge in [-0.1, -0.05) is 68.3 Å². The normalized spacial score (nSPS) is 12.4. The van der Waals surface area contributed by atoms with E-state index < -0.39 is 0 Å². The molecule has 0 aliphatic carbocycles. The Balaban J connectivity index is 2.09. The molecule has 100 valence electrons. The largest absolute Gasteiger partial charge is 0.207 e. The molecular formula is C16H15Br2F. The molecule has 2 aromatic carbocycles. The second-order valence-corrected chi connectivity index (χ2v) is 6.11. The Labute approximate surface area is 130 Å². The molecule has 19 heavy (non-hydrogen) atoms. The number of benzene rings is 2. The zero-order valence-corrected chi connectivity index (χ0v) is 13.6. The summed E-state index contributed by atoms with van der Waals surface area (Å²) in [6, 6.07) is 15.2. The molecule has 0 amide bonds. The Morgan fingerprint density at radius 1 is 0.895 bits per heavy atom. The standard InChI is InChI=1S/C16H15Br2F/c17-11-12(9-13-5-1-3-7-15(13)18)10-14-6-2-4-8-16(14)19/h1-8,12H,9-11H2. The summed E-state index contributed by atoms with van der Waals surface area (Å²) in [5, 5.41) is 0.864. The van der Waals surface area contributed by atoms with E-state index in [1.807, 2.05) is 30.3 Å². The van der Waals surface area contributed by atoms with Crippen LogP contribution in [0.25, 0.3) is 0 Å². The Bertz CT molecular complexity index is 492. The minimum absolute atomic E-state index is 0.111. The van der Waals surface area contributed by atoms with Gasteiger partial charge in [0.05, 0.1) is 0 Å². The Hall–Kier alpha value is -0.670. The highest BCUT2D eigenvalue weighted by Crippen LogP contribution is 2.23. The third kappa shape index (κ3) is 4.15. The lowest BCUT2D eigenvalue weighted by atomic mass is 9.94. The van der Waals surface area contributed by atoms with E-state index in [4.69, 9.17) is 0 Å². The molecule has 2 rings (SSSR count). The van der Waals surface area contributed by atoms with Crippen molar-refractivity contribution in [3.63, 3.8) is 0 Å². The lowest BCUT2D eigenvalue weighted by Gasteiger charge is -2.15. The molecule has 0 spiro atoms. The predicted octanol–water partition coefficient (Wildman–Crippen LogP) is 5.38. The SMILES string of the molecule is Fc1ccccc1CC(CBr)Cc1ccccc1Br. The average Bonchev–Trinajstić information content (AvgIpc) is 2.42. The van der Waals surface area contributed by atoms with Gasteiger partial charge in [-0.2, -0.15) is 0 Å². The summed E-state index contributed by atoms with van der Waals surface area (Å²) >= 11 is 7.11. The highest BCUT2D eigenvalue weighted by molar-refractivity contribution is 9.10. The molecule has 2 aromatic rings. The summed E-state index contributed by atoms with van der Waals surface area (Å²) in [4.78, 5) is 0. The predicted molar refractivity (Wildman–Crippen MR) is 85.2 cm³/mol. The van der Waals surface area contributed by atoms with Gasteiger partial charge in [0, 0.05) is 9.80 Å². The van der Waals surface area contributed by atoms with Crippen LogP contribution in [0.1, 0.15) is 11.1 Å². The first-order valence-electron chi connectivity index (χ1n) is 6.23. The van der Waals surface area contributed by atoms with Crippen LogP contribution in [-0.2, 0) is 12.8 Å². The van der Waals surface area contributed by atoms with Crippen molar-refractivity contribution in [3.05, 3.63) is 69.9 Å². The fraction of sp³-hybridized carbons (Fsp3) is 0.250. The summed E-state index contributed by atoms with van der Waals surface area (Å²) in [7, 11) is 0. The van der Waals surface area contributed by atoms with Crippen molar-refractivity contribution in [2.45, 2.75) is 12.8 Å². The highest BCUT2D eigenvalue weighted by Gasteiger charge is 2.13. The van der Waals surface area contributed by atoms with Crippen LogP contribution in [0.15, 0.2) is 53.0 Å². The molecule has 0 N–H and O–H groups in total. The van der Waals surface area contributed by atoms with E-state index in [2.05, 4.69) is 37.9 Å². The first-order chi connectivity index (χ1) is 9.20. The molecule has 0 bridgehead atoms. The molecule has 0 aliphatic heterocycles. The number of alkyl halides is 1. The third-order valence-electron chi connectivity index (χ3n) is 3.15. The van der Waals surface area contributed by atoms with Crippen molar-refractivity contribution in [1.82, 2.24) is 0 Å². The van der Waals surface area contributed by atoms with Gasteiger partial charge in [0.1, 0.15) is 5.82 Å². The maximum Gasteiger partial charge on any atom is 0.126 e. The molecular weight excluding hydrogens is 371 g/mol. The van der Waals surface area contributed by atoms with Crippen LogP contribution in [-0.4, -0.2) is 5.33 Å². The first kappa shape index (κ1) is 14.7. The molecule has 1 unspecified atom stereocenters. The van der Waals surface area contributed by atoms with E-state index in [0.717, 1.165) is 28.2 Å². The molecule has 0 aliphatic rings. The van der Waals surface area contributed by atoms with Crippen molar-refractivity contribution < 1.29 is 4.39 Å². The second-order valence-electron chi connectivity index (χ2n) is 4.61. The monoisotopic (exact) mass is 384 g/mol. The minimum Gasteiger partial charge on any atom is -0.207 e. The third-order valence-corrected chi connectivity index (χ3v) is 4.84. The van der Waals surface area contributed by atoms with Gasteiger partial charge in [-0.25, -0.2) is 4.39 Å². The van der Waals surface area contributed by atoms with Gasteiger partial charge in [0.15, 0.2) is 0 Å². The van der Waals surface area contributed by atoms with Gasteiger partial charge >= 0.3 is 0 Å². The van der Waals surface area contributed by atoms with E-state index >= 15 is 0 Å². The van der Waals surface area contributed by atoms with Crippen molar-refractivity contribution in [1.29, 1.82) is 0 Å². The summed E-state index contributed by atoms with van der Waals surface area (Å²) in [6.45, 7) is 0. The van der Waals surface area contributed by atoms with Crippen LogP contribution in [0.3, 0.4) is 0 Å². The molecule has 0 saturated heterocycles. The fourth-order valence-corrected chi connectivity index (χ4v) is 3.04. The zero-order valence-electron chi connectivity index (χ0n) is 10.5. The highest BCUT2D eigenvalue weighted by atomic mass is 79.9. The molecule has 0 aromatic heterocycles. The molecule has 0 heterocycles. The van der Waals surface area contributed by atoms with Gasteiger partial charge in [0.2, 0.25) is 0 Å². The van der Waals surface area contributed by atoms with Crippen molar-refractivity contribution in [3.8, 4) is 0 Å². The van der Waals surface area contributed by atoms with Crippen LogP contribution in [0.5, 0.6) is 0 Å². The lowest BCUT2D eigenvalue weighted by Crippen LogP contribution is -2.11. The number of hydrogen-bond acceptors (Lipinski definition) is 0. The van der Waals surface area contributed by atoms with E-state index in [1.54, 1.807) is 6.07 Å². The van der Waals surface area contributed by atoms with Crippen molar-refractivity contribution in [2.24, 2.45) is 5.92 Å². The van der Waals surface area contributed by atoms with E-state index in [-0.39, 0.29) is 5.82 Å². The van der Waals surface area contributed by atoms with Gasteiger partial charge in [0.25, 0.3) is 0 Å². The van der Waals surface area contributed by atoms with Crippen LogP contribution in [0.2, 0.25) is 0 Å². The van der Waals surface area contributed by atoms with E-state index in [9.17, 15) is 4.39 Å². The Morgan fingerprint density at radius 2 is 1.47 bits per heavy atom. The number of halogens is 3. The van der Waals surface area contributed by atoms with E-state index in [1.165, 1.54) is 11.6 Å². The van der Waals surface area contributed by atoms with Crippen molar-refractivity contribution in [2.75, 3.05) is 5.33 Å². The molecule has 0 radical (unpaired) electrons. The van der Waals surface area contributed by atoms with Gasteiger partial charge in [-0.15, -0.1) is 0 Å². The summed E-state index contributed by atoms with van der Waals surface area (Å²) < 4.78 is 14.8. The van der Waals surface area contributed by atoms with Crippen LogP contribution < -0.4 is 0 Å². The maximum atomic E-state index is 13.7. The fourth-order valence-electron chi connectivity index (χ4n) is 2.13.